The van der Waals surface area contributed by atoms with Crippen LogP contribution in [0.25, 0.3) is 16.6 Å². The van der Waals surface area contributed by atoms with Gasteiger partial charge < -0.3 is 4.42 Å². The summed E-state index contributed by atoms with van der Waals surface area (Å²) in [6.45, 7) is 6.00. The second-order valence-corrected chi connectivity index (χ2v) is 3.00. The van der Waals surface area contributed by atoms with Gasteiger partial charge in [-0.15, -0.1) is 0 Å². The molecule has 3 rings (SSSR count). The summed E-state index contributed by atoms with van der Waals surface area (Å²) in [7, 11) is 0. The van der Waals surface area contributed by atoms with Gasteiger partial charge in [-0.2, -0.15) is 5.10 Å². The number of oxazole rings is 1. The number of pyridine rings is 1. The molecule has 0 unspecified atom stereocenters. The van der Waals surface area contributed by atoms with Gasteiger partial charge in [0.05, 0.1) is 6.20 Å². The second kappa shape index (κ2) is 3.73. The Morgan fingerprint density at radius 2 is 2.13 bits per heavy atom. The molecule has 0 aromatic carbocycles. The van der Waals surface area contributed by atoms with Crippen LogP contribution < -0.4 is 0 Å². The first-order chi connectivity index (χ1) is 7.36. The van der Waals surface area contributed by atoms with E-state index in [1.165, 1.54) is 6.39 Å². The van der Waals surface area contributed by atoms with Gasteiger partial charge in [-0.25, -0.2) is 9.50 Å². The first kappa shape index (κ1) is 9.71. The fraction of sp³-hybridized carbons (Fsp3) is 0.273. The van der Waals surface area contributed by atoms with E-state index >= 15 is 0 Å². The molecule has 0 N–H and O–H groups in total. The molecule has 0 amide bonds. The molecule has 0 saturated carbocycles. The molecular formula is C11H13N3O. The lowest BCUT2D eigenvalue weighted by Crippen LogP contribution is -1.85. The molecule has 0 fully saturated rings. The Bertz CT molecular complexity index is 580. The normalized spacial score (nSPS) is 10.3. The van der Waals surface area contributed by atoms with E-state index in [0.29, 0.717) is 0 Å². The molecule has 4 heteroatoms. The summed E-state index contributed by atoms with van der Waals surface area (Å²) in [5.74, 6) is 0. The van der Waals surface area contributed by atoms with Crippen LogP contribution in [0.1, 0.15) is 19.4 Å². The summed E-state index contributed by atoms with van der Waals surface area (Å²) >= 11 is 0. The molecule has 0 aliphatic heterocycles. The van der Waals surface area contributed by atoms with Gasteiger partial charge in [0.1, 0.15) is 11.0 Å². The molecule has 15 heavy (non-hydrogen) atoms. The smallest absolute Gasteiger partial charge is 0.182 e. The largest absolute Gasteiger partial charge is 0.441 e. The van der Waals surface area contributed by atoms with Crippen molar-refractivity contribution in [3.8, 4) is 0 Å². The highest BCUT2D eigenvalue weighted by Gasteiger charge is 2.07. The van der Waals surface area contributed by atoms with Gasteiger partial charge >= 0.3 is 0 Å². The van der Waals surface area contributed by atoms with E-state index in [-0.39, 0.29) is 0 Å². The van der Waals surface area contributed by atoms with Crippen molar-refractivity contribution < 1.29 is 4.42 Å². The zero-order valence-electron chi connectivity index (χ0n) is 9.06. The minimum Gasteiger partial charge on any atom is -0.441 e. The van der Waals surface area contributed by atoms with Crippen LogP contribution in [0, 0.1) is 6.92 Å². The third kappa shape index (κ3) is 1.38. The predicted octanol–water partition coefficient (Wildman–Crippen LogP) is 2.81. The van der Waals surface area contributed by atoms with Crippen LogP contribution in [0.3, 0.4) is 0 Å². The lowest BCUT2D eigenvalue weighted by atomic mass is 10.3. The van der Waals surface area contributed by atoms with Crippen molar-refractivity contribution >= 4 is 16.6 Å². The standard InChI is InChI=1S/C9H7N3O.C2H6/c1-6-4-11-12-3-2-7-9(8(6)12)13-5-10-7;1-2/h2-5H,1H3;1-2H3. The fourth-order valence-electron chi connectivity index (χ4n) is 1.54. The van der Waals surface area contributed by atoms with Crippen LogP contribution in [0.15, 0.2) is 29.3 Å². The van der Waals surface area contributed by atoms with E-state index in [0.717, 1.165) is 22.2 Å². The Balaban J connectivity index is 0.000000404. The molecule has 0 bridgehead atoms. The molecule has 0 aliphatic carbocycles. The quantitative estimate of drug-likeness (QED) is 0.564. The summed E-state index contributed by atoms with van der Waals surface area (Å²) in [5, 5.41) is 4.18. The molecule has 4 nitrogen and oxygen atoms in total. The summed E-state index contributed by atoms with van der Waals surface area (Å²) in [6, 6.07) is 1.89. The average molecular weight is 203 g/mol. The van der Waals surface area contributed by atoms with Crippen molar-refractivity contribution in [2.24, 2.45) is 0 Å². The van der Waals surface area contributed by atoms with Crippen molar-refractivity contribution in [3.05, 3.63) is 30.4 Å². The minimum atomic E-state index is 0.803. The highest BCUT2D eigenvalue weighted by atomic mass is 16.3. The third-order valence-electron chi connectivity index (χ3n) is 2.16. The molecule has 0 saturated heterocycles. The lowest BCUT2D eigenvalue weighted by molar-refractivity contribution is 0.603. The van der Waals surface area contributed by atoms with Crippen molar-refractivity contribution in [1.82, 2.24) is 14.6 Å². The first-order valence-corrected chi connectivity index (χ1v) is 5.02. The van der Waals surface area contributed by atoms with Crippen LogP contribution in [0.2, 0.25) is 0 Å². The van der Waals surface area contributed by atoms with Crippen molar-refractivity contribution in [2.75, 3.05) is 0 Å². The maximum absolute atomic E-state index is 5.30. The summed E-state index contributed by atoms with van der Waals surface area (Å²) in [6.07, 6.45) is 5.15. The van der Waals surface area contributed by atoms with E-state index in [2.05, 4.69) is 10.1 Å². The van der Waals surface area contributed by atoms with Crippen molar-refractivity contribution in [1.29, 1.82) is 0 Å². The SMILES string of the molecule is CC.Cc1cnn2ccc3ncoc3c12. The number of rotatable bonds is 0. The van der Waals surface area contributed by atoms with E-state index in [9.17, 15) is 0 Å². The molecule has 0 atom stereocenters. The van der Waals surface area contributed by atoms with Gasteiger partial charge in [0.2, 0.25) is 0 Å². The maximum Gasteiger partial charge on any atom is 0.182 e. The Hall–Kier alpha value is -1.84. The van der Waals surface area contributed by atoms with Crippen LogP contribution in [0.4, 0.5) is 0 Å². The molecule has 3 heterocycles. The Kier molecular flexibility index (Phi) is 2.41. The summed E-state index contributed by atoms with van der Waals surface area (Å²) in [4.78, 5) is 4.08. The van der Waals surface area contributed by atoms with Crippen LogP contribution in [-0.4, -0.2) is 14.6 Å². The maximum atomic E-state index is 5.30. The fourth-order valence-corrected chi connectivity index (χ4v) is 1.54. The van der Waals surface area contributed by atoms with Gasteiger partial charge in [-0.3, -0.25) is 0 Å². The first-order valence-electron chi connectivity index (χ1n) is 5.02. The number of aryl methyl sites for hydroxylation is 1. The zero-order valence-corrected chi connectivity index (χ0v) is 9.06. The molecule has 3 aromatic rings. The number of nitrogens with zero attached hydrogens (tertiary/aromatic N) is 3. The number of hydrogen-bond donors (Lipinski definition) is 0. The second-order valence-electron chi connectivity index (χ2n) is 3.00. The lowest BCUT2D eigenvalue weighted by Gasteiger charge is -1.93. The summed E-state index contributed by atoms with van der Waals surface area (Å²) in [5.41, 5.74) is 3.77. The molecular weight excluding hydrogens is 190 g/mol. The molecule has 3 aromatic heterocycles. The Morgan fingerprint density at radius 3 is 2.93 bits per heavy atom. The minimum absolute atomic E-state index is 0.803. The van der Waals surface area contributed by atoms with Gasteiger partial charge in [-0.05, 0) is 18.6 Å². The highest BCUT2D eigenvalue weighted by molar-refractivity contribution is 5.89. The van der Waals surface area contributed by atoms with E-state index < -0.39 is 0 Å². The predicted molar refractivity (Wildman–Crippen MR) is 58.8 cm³/mol. The van der Waals surface area contributed by atoms with Crippen molar-refractivity contribution in [3.63, 3.8) is 0 Å². The van der Waals surface area contributed by atoms with E-state index in [4.69, 9.17) is 4.42 Å². The van der Waals surface area contributed by atoms with Crippen LogP contribution in [-0.2, 0) is 0 Å². The van der Waals surface area contributed by atoms with Gasteiger partial charge in [0, 0.05) is 6.20 Å². The number of aromatic nitrogens is 3. The van der Waals surface area contributed by atoms with E-state index in [1.807, 2.05) is 39.2 Å². The topological polar surface area (TPSA) is 43.3 Å². The monoisotopic (exact) mass is 203 g/mol. The van der Waals surface area contributed by atoms with Gasteiger partial charge in [-0.1, -0.05) is 13.8 Å². The van der Waals surface area contributed by atoms with E-state index in [1.54, 1.807) is 4.52 Å². The highest BCUT2D eigenvalue weighted by Crippen LogP contribution is 2.20. The zero-order chi connectivity index (χ0) is 10.8. The molecule has 78 valence electrons. The van der Waals surface area contributed by atoms with Crippen LogP contribution >= 0.6 is 0 Å². The summed E-state index contributed by atoms with van der Waals surface area (Å²) < 4.78 is 7.09. The average Bonchev–Trinajstić information content (AvgIpc) is 2.87. The third-order valence-corrected chi connectivity index (χ3v) is 2.16. The Morgan fingerprint density at radius 1 is 1.33 bits per heavy atom. The molecule has 0 radical (unpaired) electrons. The van der Waals surface area contributed by atoms with Crippen LogP contribution in [0.5, 0.6) is 0 Å². The molecule has 0 aliphatic rings. The van der Waals surface area contributed by atoms with Gasteiger partial charge in [0.25, 0.3) is 0 Å². The number of fused-ring (bicyclic) bond motifs is 3. The molecule has 0 spiro atoms. The number of hydrogen-bond acceptors (Lipinski definition) is 3. The van der Waals surface area contributed by atoms with Gasteiger partial charge in [0.15, 0.2) is 12.0 Å². The Labute approximate surface area is 87.5 Å². The van der Waals surface area contributed by atoms with Crippen molar-refractivity contribution in [2.45, 2.75) is 20.8 Å².